The smallest absolute Gasteiger partial charge is 0.410 e. The second-order valence-corrected chi connectivity index (χ2v) is 15.5. The molecule has 1 heterocycles. The van der Waals surface area contributed by atoms with E-state index in [9.17, 15) is 4.79 Å². The maximum absolute atomic E-state index is 12.3. The first-order valence-corrected chi connectivity index (χ1v) is 18.9. The zero-order valence-corrected chi connectivity index (χ0v) is 27.9. The van der Waals surface area contributed by atoms with Crippen LogP contribution in [0.2, 0.25) is 0 Å². The Hall–Kier alpha value is -0.480. The molecule has 3 aliphatic carbocycles. The second-order valence-electron chi connectivity index (χ2n) is 13.4. The molecule has 0 aliphatic heterocycles. The lowest BCUT2D eigenvalue weighted by atomic mass is 9.70. The number of hydrogen-bond donors (Lipinski definition) is 0. The predicted octanol–water partition coefficient (Wildman–Crippen LogP) is 6.47. The molecule has 1 amide bonds. The molecule has 0 bridgehead atoms. The van der Waals surface area contributed by atoms with E-state index in [1.165, 1.54) is 36.9 Å². The molecule has 3 fully saturated rings. The quantitative estimate of drug-likeness (QED) is 0.157. The fourth-order valence-corrected chi connectivity index (χ4v) is 6.43. The molecule has 1 aromatic rings. The van der Waals surface area contributed by atoms with Crippen LogP contribution < -0.4 is 0 Å². The van der Waals surface area contributed by atoms with E-state index in [0.29, 0.717) is 18.8 Å². The summed E-state index contributed by atoms with van der Waals surface area (Å²) in [5.74, 6) is 2.08. The van der Waals surface area contributed by atoms with Gasteiger partial charge in [0.2, 0.25) is 0 Å². The van der Waals surface area contributed by atoms with Gasteiger partial charge in [0.05, 0.1) is 25.3 Å². The third-order valence-electron chi connectivity index (χ3n) is 8.22. The number of nitrogens with zero attached hydrogens (tertiary/aromatic N) is 4. The summed E-state index contributed by atoms with van der Waals surface area (Å²) < 4.78 is 20.1. The minimum absolute atomic E-state index is 0.150. The number of carbonyl (C=O) groups is 1. The number of carbonyl (C=O) groups excluding carboxylic acids is 1. The Labute approximate surface area is 250 Å². The van der Waals surface area contributed by atoms with Gasteiger partial charge in [-0.25, -0.2) is 9.25 Å². The second kappa shape index (κ2) is 14.1. The number of halogens is 1. The van der Waals surface area contributed by atoms with Crippen LogP contribution in [-0.4, -0.2) is 84.7 Å². The first-order chi connectivity index (χ1) is 18.6. The summed E-state index contributed by atoms with van der Waals surface area (Å²) >= 11 is 2.41. The molecule has 10 heteroatoms. The van der Waals surface area contributed by atoms with Crippen LogP contribution in [0.5, 0.6) is 0 Å². The van der Waals surface area contributed by atoms with Gasteiger partial charge < -0.3 is 24.0 Å². The normalized spacial score (nSPS) is 20.3. The van der Waals surface area contributed by atoms with Gasteiger partial charge in [0, 0.05) is 63.0 Å². The average molecular weight is 677 g/mol. The van der Waals surface area contributed by atoms with Crippen molar-refractivity contribution in [3.8, 4) is 0 Å². The molecule has 1 unspecified atom stereocenters. The molecule has 4 rings (SSSR count). The molecule has 0 spiro atoms. The molecule has 0 saturated heterocycles. The highest BCUT2D eigenvalue weighted by atomic mass is 127. The number of rotatable bonds is 15. The monoisotopic (exact) mass is 676 g/mol. The van der Waals surface area contributed by atoms with Gasteiger partial charge in [-0.15, -0.1) is 0 Å². The Balaban J connectivity index is 1.31. The summed E-state index contributed by atoms with van der Waals surface area (Å²) in [5, 5.41) is 5.05. The predicted molar refractivity (Wildman–Crippen MR) is 166 cm³/mol. The molecular weight excluding hydrogens is 626 g/mol. The van der Waals surface area contributed by atoms with E-state index >= 15 is 0 Å². The van der Waals surface area contributed by atoms with Crippen LogP contribution in [-0.2, 0) is 20.8 Å². The Morgan fingerprint density at radius 1 is 1.05 bits per heavy atom. The lowest BCUT2D eigenvalue weighted by molar-refractivity contribution is -0.0490. The topological polar surface area (TPSA) is 69.1 Å². The van der Waals surface area contributed by atoms with Crippen LogP contribution in [0.3, 0.4) is 0 Å². The molecule has 1 atom stereocenters. The van der Waals surface area contributed by atoms with Crippen molar-refractivity contribution in [1.82, 2.24) is 19.4 Å². The van der Waals surface area contributed by atoms with E-state index in [1.54, 1.807) is 11.9 Å². The van der Waals surface area contributed by atoms with Crippen LogP contribution in [0.1, 0.15) is 89.3 Å². The van der Waals surface area contributed by atoms with Gasteiger partial charge in [-0.3, -0.25) is 0 Å². The van der Waals surface area contributed by atoms with Crippen molar-refractivity contribution in [2.24, 2.45) is 17.3 Å². The van der Waals surface area contributed by atoms with Crippen LogP contribution in [0.4, 0.5) is 4.79 Å². The number of hydrogen-bond acceptors (Lipinski definition) is 6. The lowest BCUT2D eigenvalue weighted by Crippen LogP contribution is -2.38. The van der Waals surface area contributed by atoms with E-state index in [0.717, 1.165) is 77.0 Å². The van der Waals surface area contributed by atoms with Crippen LogP contribution in [0, 0.1) is 17.3 Å². The van der Waals surface area contributed by atoms with E-state index in [1.807, 2.05) is 20.8 Å². The summed E-state index contributed by atoms with van der Waals surface area (Å²) in [6.45, 7) is 11.4. The zero-order chi connectivity index (χ0) is 28.0. The van der Waals surface area contributed by atoms with Gasteiger partial charge in [-0.05, 0) is 113 Å². The fourth-order valence-electron chi connectivity index (χ4n) is 5.34. The Morgan fingerprint density at radius 3 is 2.15 bits per heavy atom. The third kappa shape index (κ3) is 10.4. The van der Waals surface area contributed by atoms with Crippen molar-refractivity contribution < 1.29 is 19.0 Å². The summed E-state index contributed by atoms with van der Waals surface area (Å²) in [7, 11) is 3.93. The fraction of sp³-hybridized carbons (Fsp3) is 0.862. The van der Waals surface area contributed by atoms with Gasteiger partial charge in [0.15, 0.2) is 0 Å². The van der Waals surface area contributed by atoms with Gasteiger partial charge >= 0.3 is 6.09 Å². The molecule has 0 N–H and O–H groups in total. The zero-order valence-electron chi connectivity index (χ0n) is 24.7. The molecule has 222 valence electrons. The Morgan fingerprint density at radius 2 is 1.64 bits per heavy atom. The third-order valence-corrected chi connectivity index (χ3v) is 10.1. The van der Waals surface area contributed by atoms with E-state index in [-0.39, 0.29) is 11.5 Å². The van der Waals surface area contributed by atoms with E-state index in [4.69, 9.17) is 19.3 Å². The SMILES string of the molecule is CN(CCN(C)C(=O)OC(C)(C)C)Cc1cn(PI)nc1C1CCC(COCC2CC2)(COCC2CC2)CC1. The first kappa shape index (κ1) is 31.5. The highest BCUT2D eigenvalue weighted by molar-refractivity contribution is 14.2. The minimum Gasteiger partial charge on any atom is -0.444 e. The molecule has 3 aliphatic rings. The molecular formula is C29H50IN4O4P. The molecule has 8 nitrogen and oxygen atoms in total. The summed E-state index contributed by atoms with van der Waals surface area (Å²) in [6.07, 6.45) is 12.4. The van der Waals surface area contributed by atoms with Gasteiger partial charge in [0.1, 0.15) is 5.60 Å². The van der Waals surface area contributed by atoms with E-state index in [2.05, 4.69) is 44.6 Å². The molecule has 1 aromatic heterocycles. The number of ether oxygens (including phenoxy) is 3. The number of aromatic nitrogens is 2. The summed E-state index contributed by atoms with van der Waals surface area (Å²) in [5.41, 5.74) is 2.24. The van der Waals surface area contributed by atoms with Gasteiger partial charge in [-0.1, -0.05) is 0 Å². The minimum atomic E-state index is -0.481. The van der Waals surface area contributed by atoms with Crippen molar-refractivity contribution in [3.63, 3.8) is 0 Å². The average Bonchev–Trinajstić information content (AvgIpc) is 3.82. The van der Waals surface area contributed by atoms with Crippen molar-refractivity contribution in [1.29, 1.82) is 0 Å². The number of likely N-dealkylation sites (N-methyl/N-ethyl adjacent to an activating group) is 2. The summed E-state index contributed by atoms with van der Waals surface area (Å²) in [6, 6.07) is 0. The Bertz CT molecular complexity index is 903. The molecule has 0 aromatic carbocycles. The highest BCUT2D eigenvalue weighted by Crippen LogP contribution is 2.45. The molecule has 3 saturated carbocycles. The van der Waals surface area contributed by atoms with E-state index < -0.39 is 5.60 Å². The summed E-state index contributed by atoms with van der Waals surface area (Å²) in [4.78, 5) is 16.3. The van der Waals surface area contributed by atoms with Gasteiger partial charge in [-0.2, -0.15) is 5.10 Å². The maximum atomic E-state index is 12.3. The standard InChI is InChI=1S/C29H50IN4O4P/c1-28(2,3)38-27(35)33(5)15-14-32(4)16-25-17-34(39-30)31-26(25)24-10-12-29(13-11-24,20-36-18-22-6-7-22)21-37-19-23-8-9-23/h17,22-24,39H,6-16,18-21H2,1-5H3. The van der Waals surface area contributed by atoms with Crippen LogP contribution >= 0.6 is 28.4 Å². The highest BCUT2D eigenvalue weighted by Gasteiger charge is 2.39. The largest absolute Gasteiger partial charge is 0.444 e. The van der Waals surface area contributed by atoms with Gasteiger partial charge in [0.25, 0.3) is 0 Å². The molecule has 39 heavy (non-hydrogen) atoms. The van der Waals surface area contributed by atoms with Crippen LogP contribution in [0.25, 0.3) is 0 Å². The lowest BCUT2D eigenvalue weighted by Gasteiger charge is -2.40. The Kier molecular flexibility index (Phi) is 11.4. The van der Waals surface area contributed by atoms with Crippen molar-refractivity contribution in [2.75, 3.05) is 53.6 Å². The maximum Gasteiger partial charge on any atom is 0.410 e. The van der Waals surface area contributed by atoms with Crippen molar-refractivity contribution in [2.45, 2.75) is 90.2 Å². The molecule has 0 radical (unpaired) electrons. The van der Waals surface area contributed by atoms with Crippen molar-refractivity contribution in [3.05, 3.63) is 17.5 Å². The van der Waals surface area contributed by atoms with Crippen molar-refractivity contribution >= 4 is 34.5 Å². The number of amides is 1. The first-order valence-electron chi connectivity index (χ1n) is 14.8. The van der Waals surface area contributed by atoms with Crippen LogP contribution in [0.15, 0.2) is 6.20 Å².